The van der Waals surface area contributed by atoms with E-state index in [9.17, 15) is 4.79 Å². The standard InChI is InChI=1S/C18H18N6O2/c19-17(25)12-1-6-24(7-2-12)18-22-9-14(15-10-20-4-5-21-15)16(23-18)13-3-8-26-11-13/h3-5,8-12H,1-2,6-7H2,(H2,19,25). The molecule has 26 heavy (non-hydrogen) atoms. The quantitative estimate of drug-likeness (QED) is 0.765. The van der Waals surface area contributed by atoms with Gasteiger partial charge in [0.05, 0.1) is 30.1 Å². The van der Waals surface area contributed by atoms with Crippen LogP contribution in [0.25, 0.3) is 22.5 Å². The van der Waals surface area contributed by atoms with Gasteiger partial charge in [0, 0.05) is 48.7 Å². The predicted octanol–water partition coefficient (Wildman–Crippen LogP) is 1.90. The molecule has 3 aromatic rings. The maximum Gasteiger partial charge on any atom is 0.225 e. The van der Waals surface area contributed by atoms with E-state index in [-0.39, 0.29) is 11.8 Å². The summed E-state index contributed by atoms with van der Waals surface area (Å²) in [6.07, 6.45) is 11.4. The molecule has 3 aromatic heterocycles. The minimum absolute atomic E-state index is 0.0709. The summed E-state index contributed by atoms with van der Waals surface area (Å²) in [6, 6.07) is 1.85. The molecule has 0 radical (unpaired) electrons. The molecule has 1 saturated heterocycles. The molecule has 1 aliphatic rings. The van der Waals surface area contributed by atoms with Crippen LogP contribution in [0.15, 0.2) is 47.8 Å². The van der Waals surface area contributed by atoms with Gasteiger partial charge in [0.15, 0.2) is 0 Å². The van der Waals surface area contributed by atoms with Crippen LogP contribution in [0.1, 0.15) is 12.8 Å². The summed E-state index contributed by atoms with van der Waals surface area (Å²) in [5.74, 6) is 0.317. The molecule has 1 aliphatic heterocycles. The number of aromatic nitrogens is 4. The minimum Gasteiger partial charge on any atom is -0.472 e. The number of amides is 1. The van der Waals surface area contributed by atoms with Crippen molar-refractivity contribution in [3.63, 3.8) is 0 Å². The van der Waals surface area contributed by atoms with Crippen molar-refractivity contribution in [2.45, 2.75) is 12.8 Å². The molecule has 0 unspecified atom stereocenters. The van der Waals surface area contributed by atoms with Crippen LogP contribution in [0, 0.1) is 5.92 Å². The SMILES string of the molecule is NC(=O)C1CCN(c2ncc(-c3cnccn3)c(-c3ccoc3)n2)CC1. The number of piperidine rings is 1. The Morgan fingerprint density at radius 1 is 1.19 bits per heavy atom. The molecular formula is C18H18N6O2. The van der Waals surface area contributed by atoms with E-state index in [1.807, 2.05) is 6.07 Å². The number of carbonyl (C=O) groups excluding carboxylic acids is 1. The largest absolute Gasteiger partial charge is 0.472 e. The van der Waals surface area contributed by atoms with Crippen LogP contribution in [0.2, 0.25) is 0 Å². The van der Waals surface area contributed by atoms with Gasteiger partial charge >= 0.3 is 0 Å². The van der Waals surface area contributed by atoms with Gasteiger partial charge in [-0.2, -0.15) is 0 Å². The molecule has 132 valence electrons. The average Bonchev–Trinajstić information content (AvgIpc) is 3.23. The van der Waals surface area contributed by atoms with Gasteiger partial charge in [0.25, 0.3) is 0 Å². The van der Waals surface area contributed by atoms with E-state index in [4.69, 9.17) is 15.1 Å². The fourth-order valence-corrected chi connectivity index (χ4v) is 3.13. The van der Waals surface area contributed by atoms with Gasteiger partial charge in [-0.25, -0.2) is 9.97 Å². The van der Waals surface area contributed by atoms with Gasteiger partial charge in [0.2, 0.25) is 11.9 Å². The van der Waals surface area contributed by atoms with Gasteiger partial charge in [-0.1, -0.05) is 0 Å². The molecule has 2 N–H and O–H groups in total. The van der Waals surface area contributed by atoms with Crippen molar-refractivity contribution in [1.82, 2.24) is 19.9 Å². The second-order valence-electron chi connectivity index (χ2n) is 6.20. The lowest BCUT2D eigenvalue weighted by molar-refractivity contribution is -0.122. The molecule has 0 atom stereocenters. The van der Waals surface area contributed by atoms with Crippen LogP contribution >= 0.6 is 0 Å². The summed E-state index contributed by atoms with van der Waals surface area (Å²) in [7, 11) is 0. The van der Waals surface area contributed by atoms with Crippen LogP contribution in [0.3, 0.4) is 0 Å². The predicted molar refractivity (Wildman–Crippen MR) is 94.9 cm³/mol. The third-order valence-corrected chi connectivity index (χ3v) is 4.59. The van der Waals surface area contributed by atoms with Gasteiger partial charge < -0.3 is 15.1 Å². The summed E-state index contributed by atoms with van der Waals surface area (Å²) in [5, 5.41) is 0. The summed E-state index contributed by atoms with van der Waals surface area (Å²) in [6.45, 7) is 1.39. The second kappa shape index (κ2) is 6.91. The average molecular weight is 350 g/mol. The van der Waals surface area contributed by atoms with Crippen LogP contribution in [-0.4, -0.2) is 38.9 Å². The maximum absolute atomic E-state index is 11.4. The highest BCUT2D eigenvalue weighted by atomic mass is 16.3. The van der Waals surface area contributed by atoms with E-state index < -0.39 is 0 Å². The molecule has 0 spiro atoms. The lowest BCUT2D eigenvalue weighted by Gasteiger charge is -2.30. The Morgan fingerprint density at radius 2 is 2.04 bits per heavy atom. The molecule has 0 aromatic carbocycles. The minimum atomic E-state index is -0.234. The first-order valence-electron chi connectivity index (χ1n) is 8.42. The molecule has 1 fully saturated rings. The van der Waals surface area contributed by atoms with Crippen molar-refractivity contribution in [2.75, 3.05) is 18.0 Å². The highest BCUT2D eigenvalue weighted by molar-refractivity contribution is 5.78. The zero-order valence-corrected chi connectivity index (χ0v) is 14.1. The monoisotopic (exact) mass is 350 g/mol. The normalized spacial score (nSPS) is 15.2. The number of hydrogen-bond acceptors (Lipinski definition) is 7. The Morgan fingerprint density at radius 3 is 2.69 bits per heavy atom. The third-order valence-electron chi connectivity index (χ3n) is 4.59. The Balaban J connectivity index is 1.68. The smallest absolute Gasteiger partial charge is 0.225 e. The van der Waals surface area contributed by atoms with Crippen molar-refractivity contribution in [3.8, 4) is 22.5 Å². The number of rotatable bonds is 4. The van der Waals surface area contributed by atoms with Crippen LogP contribution in [-0.2, 0) is 4.79 Å². The number of hydrogen-bond donors (Lipinski definition) is 1. The van der Waals surface area contributed by atoms with Crippen molar-refractivity contribution in [3.05, 3.63) is 43.4 Å². The van der Waals surface area contributed by atoms with Crippen molar-refractivity contribution >= 4 is 11.9 Å². The molecule has 0 saturated carbocycles. The molecule has 8 nitrogen and oxygen atoms in total. The number of anilines is 1. The van der Waals surface area contributed by atoms with Gasteiger partial charge in [-0.15, -0.1) is 0 Å². The highest BCUT2D eigenvalue weighted by Crippen LogP contribution is 2.31. The first kappa shape index (κ1) is 16.2. The third kappa shape index (κ3) is 3.13. The molecular weight excluding hydrogens is 332 g/mol. The fourth-order valence-electron chi connectivity index (χ4n) is 3.13. The van der Waals surface area contributed by atoms with Gasteiger partial charge in [0.1, 0.15) is 0 Å². The van der Waals surface area contributed by atoms with Crippen LogP contribution < -0.4 is 10.6 Å². The van der Waals surface area contributed by atoms with Gasteiger partial charge in [-0.3, -0.25) is 14.8 Å². The Kier molecular flexibility index (Phi) is 4.30. The Bertz CT molecular complexity index is 889. The molecule has 4 rings (SSSR count). The number of nitrogens with two attached hydrogens (primary N) is 1. The molecule has 0 aliphatic carbocycles. The van der Waals surface area contributed by atoms with Crippen LogP contribution in [0.4, 0.5) is 5.95 Å². The first-order valence-corrected chi connectivity index (χ1v) is 8.42. The summed E-state index contributed by atoms with van der Waals surface area (Å²) in [5.41, 5.74) is 8.48. The first-order chi connectivity index (χ1) is 12.7. The molecule has 8 heteroatoms. The summed E-state index contributed by atoms with van der Waals surface area (Å²) < 4.78 is 5.22. The van der Waals surface area contributed by atoms with Gasteiger partial charge in [-0.05, 0) is 18.9 Å². The van der Waals surface area contributed by atoms with Crippen molar-refractivity contribution < 1.29 is 9.21 Å². The van der Waals surface area contributed by atoms with E-state index in [0.29, 0.717) is 37.6 Å². The van der Waals surface area contributed by atoms with E-state index in [0.717, 1.165) is 16.8 Å². The van der Waals surface area contributed by atoms with E-state index in [1.165, 1.54) is 0 Å². The van der Waals surface area contributed by atoms with E-state index in [2.05, 4.69) is 19.9 Å². The number of primary amides is 1. The molecule has 1 amide bonds. The number of furan rings is 1. The Hall–Kier alpha value is -3.29. The highest BCUT2D eigenvalue weighted by Gasteiger charge is 2.25. The molecule has 4 heterocycles. The summed E-state index contributed by atoms with van der Waals surface area (Å²) in [4.78, 5) is 31.2. The summed E-state index contributed by atoms with van der Waals surface area (Å²) >= 11 is 0. The lowest BCUT2D eigenvalue weighted by atomic mass is 9.96. The zero-order chi connectivity index (χ0) is 17.9. The molecule has 0 bridgehead atoms. The van der Waals surface area contributed by atoms with Crippen molar-refractivity contribution in [1.29, 1.82) is 0 Å². The number of nitrogens with zero attached hydrogens (tertiary/aromatic N) is 5. The maximum atomic E-state index is 11.4. The van der Waals surface area contributed by atoms with Crippen molar-refractivity contribution in [2.24, 2.45) is 11.7 Å². The second-order valence-corrected chi connectivity index (χ2v) is 6.20. The zero-order valence-electron chi connectivity index (χ0n) is 14.1. The van der Waals surface area contributed by atoms with E-state index >= 15 is 0 Å². The number of carbonyl (C=O) groups is 1. The van der Waals surface area contributed by atoms with Crippen LogP contribution in [0.5, 0.6) is 0 Å². The topological polar surface area (TPSA) is 111 Å². The lowest BCUT2D eigenvalue weighted by Crippen LogP contribution is -2.39. The fraction of sp³-hybridized carbons (Fsp3) is 0.278. The Labute approximate surface area is 150 Å². The van der Waals surface area contributed by atoms with E-state index in [1.54, 1.807) is 37.3 Å².